The fourth-order valence-electron chi connectivity index (χ4n) is 1.43. The second-order valence-electron chi connectivity index (χ2n) is 4.41. The number of carbonyl (C=O) groups excluding carboxylic acids is 2. The Morgan fingerprint density at radius 3 is 2.23 bits per heavy atom. The van der Waals surface area contributed by atoms with E-state index in [0.29, 0.717) is 6.54 Å². The summed E-state index contributed by atoms with van der Waals surface area (Å²) in [4.78, 5) is 22.9. The first-order valence-corrected chi connectivity index (χ1v) is 9.20. The zero-order valence-electron chi connectivity index (χ0n) is 12.1. The quantitative estimate of drug-likeness (QED) is 0.504. The van der Waals surface area contributed by atoms with Crippen LogP contribution in [0.3, 0.4) is 0 Å². The van der Waals surface area contributed by atoms with Crippen molar-refractivity contribution in [3.8, 4) is 0 Å². The minimum absolute atomic E-state index is 0.0846. The standard InChI is InChI=1S/C13H18IN3O4S/c1-2-7-15-12(18)8-16-13(19)9-17-22(20,21)11-5-3-10(14)4-6-11/h3-6,17H,2,7-9H2,1H3,(H,15,18)(H,16,19). The molecule has 9 heteroatoms. The normalized spacial score (nSPS) is 11.0. The lowest BCUT2D eigenvalue weighted by molar-refractivity contribution is -0.125. The number of hydrogen-bond acceptors (Lipinski definition) is 4. The summed E-state index contributed by atoms with van der Waals surface area (Å²) in [7, 11) is -3.74. The SMILES string of the molecule is CCCNC(=O)CNC(=O)CNS(=O)(=O)c1ccc(I)cc1. The average molecular weight is 439 g/mol. The van der Waals surface area contributed by atoms with Gasteiger partial charge >= 0.3 is 0 Å². The third-order valence-corrected chi connectivity index (χ3v) is 4.70. The van der Waals surface area contributed by atoms with Crippen molar-refractivity contribution in [3.05, 3.63) is 27.8 Å². The van der Waals surface area contributed by atoms with Crippen LogP contribution in [0, 0.1) is 3.57 Å². The zero-order valence-corrected chi connectivity index (χ0v) is 15.0. The summed E-state index contributed by atoms with van der Waals surface area (Å²) in [5.41, 5.74) is 0. The predicted octanol–water partition coefficient (Wildman–Crippen LogP) is 0.212. The lowest BCUT2D eigenvalue weighted by Crippen LogP contribution is -2.42. The number of rotatable bonds is 8. The highest BCUT2D eigenvalue weighted by Crippen LogP contribution is 2.11. The molecule has 0 heterocycles. The molecule has 0 saturated carbocycles. The van der Waals surface area contributed by atoms with Crippen LogP contribution in [0.15, 0.2) is 29.2 Å². The van der Waals surface area contributed by atoms with Gasteiger partial charge in [0.15, 0.2) is 0 Å². The van der Waals surface area contributed by atoms with E-state index in [1.54, 1.807) is 12.1 Å². The number of halogens is 1. The third-order valence-electron chi connectivity index (χ3n) is 2.56. The molecule has 0 aliphatic rings. The second-order valence-corrected chi connectivity index (χ2v) is 7.42. The maximum Gasteiger partial charge on any atom is 0.241 e. The van der Waals surface area contributed by atoms with Crippen molar-refractivity contribution in [3.63, 3.8) is 0 Å². The molecule has 122 valence electrons. The van der Waals surface area contributed by atoms with Gasteiger partial charge in [0.25, 0.3) is 0 Å². The van der Waals surface area contributed by atoms with E-state index in [-0.39, 0.29) is 17.3 Å². The van der Waals surface area contributed by atoms with E-state index < -0.39 is 22.5 Å². The molecule has 1 aromatic carbocycles. The average Bonchev–Trinajstić information content (AvgIpc) is 2.49. The summed E-state index contributed by atoms with van der Waals surface area (Å²) in [6.07, 6.45) is 0.801. The predicted molar refractivity (Wildman–Crippen MR) is 90.7 cm³/mol. The summed E-state index contributed by atoms with van der Waals surface area (Å²) >= 11 is 2.07. The molecule has 0 aliphatic carbocycles. The molecule has 0 saturated heterocycles. The lowest BCUT2D eigenvalue weighted by Gasteiger charge is -2.08. The summed E-state index contributed by atoms with van der Waals surface area (Å²) in [6.45, 7) is 1.85. The summed E-state index contributed by atoms with van der Waals surface area (Å²) < 4.78 is 27.0. The number of nitrogens with one attached hydrogen (secondary N) is 3. The molecule has 0 radical (unpaired) electrons. The van der Waals surface area contributed by atoms with Crippen LogP contribution in [0.2, 0.25) is 0 Å². The van der Waals surface area contributed by atoms with E-state index >= 15 is 0 Å². The van der Waals surface area contributed by atoms with Crippen molar-refractivity contribution in [2.45, 2.75) is 18.2 Å². The summed E-state index contributed by atoms with van der Waals surface area (Å²) in [5.74, 6) is -0.878. The monoisotopic (exact) mass is 439 g/mol. The van der Waals surface area contributed by atoms with Gasteiger partial charge in [-0.3, -0.25) is 9.59 Å². The van der Waals surface area contributed by atoms with Crippen molar-refractivity contribution in [1.82, 2.24) is 15.4 Å². The zero-order chi connectivity index (χ0) is 16.6. The van der Waals surface area contributed by atoms with Gasteiger partial charge in [-0.25, -0.2) is 13.1 Å². The van der Waals surface area contributed by atoms with Crippen LogP contribution in [-0.2, 0) is 19.6 Å². The first-order valence-electron chi connectivity index (χ1n) is 6.64. The highest BCUT2D eigenvalue weighted by Gasteiger charge is 2.15. The maximum atomic E-state index is 12.0. The maximum absolute atomic E-state index is 12.0. The Hall–Kier alpha value is -1.20. The van der Waals surface area contributed by atoms with Crippen LogP contribution < -0.4 is 15.4 Å². The van der Waals surface area contributed by atoms with Crippen LogP contribution in [0.1, 0.15) is 13.3 Å². The Morgan fingerprint density at radius 2 is 1.64 bits per heavy atom. The van der Waals surface area contributed by atoms with Crippen molar-refractivity contribution in [1.29, 1.82) is 0 Å². The number of hydrogen-bond donors (Lipinski definition) is 3. The number of amides is 2. The van der Waals surface area contributed by atoms with Gasteiger partial charge in [-0.2, -0.15) is 0 Å². The number of carbonyl (C=O) groups is 2. The largest absolute Gasteiger partial charge is 0.355 e. The van der Waals surface area contributed by atoms with Gasteiger partial charge in [0.05, 0.1) is 18.0 Å². The van der Waals surface area contributed by atoms with Crippen molar-refractivity contribution < 1.29 is 18.0 Å². The molecule has 7 nitrogen and oxygen atoms in total. The van der Waals surface area contributed by atoms with Gasteiger partial charge in [0, 0.05) is 10.1 Å². The molecule has 0 aliphatic heterocycles. The number of benzene rings is 1. The highest BCUT2D eigenvalue weighted by atomic mass is 127. The van der Waals surface area contributed by atoms with Crippen LogP contribution in [0.5, 0.6) is 0 Å². The Bertz CT molecular complexity index is 617. The first-order chi connectivity index (χ1) is 10.3. The molecule has 1 aromatic rings. The fraction of sp³-hybridized carbons (Fsp3) is 0.385. The third kappa shape index (κ3) is 6.71. The smallest absolute Gasteiger partial charge is 0.241 e. The molecular formula is C13H18IN3O4S. The van der Waals surface area contributed by atoms with Crippen LogP contribution >= 0.6 is 22.6 Å². The van der Waals surface area contributed by atoms with E-state index in [9.17, 15) is 18.0 Å². The molecule has 3 N–H and O–H groups in total. The minimum Gasteiger partial charge on any atom is -0.355 e. The molecule has 0 bridgehead atoms. The minimum atomic E-state index is -3.74. The Kier molecular flexibility index (Phi) is 7.76. The second kappa shape index (κ2) is 9.06. The van der Waals surface area contributed by atoms with E-state index in [2.05, 4.69) is 37.9 Å². The van der Waals surface area contributed by atoms with Gasteiger partial charge < -0.3 is 10.6 Å². The first kappa shape index (κ1) is 18.8. The molecule has 0 fully saturated rings. The van der Waals surface area contributed by atoms with Crippen molar-refractivity contribution in [2.24, 2.45) is 0 Å². The van der Waals surface area contributed by atoms with Crippen LogP contribution in [-0.4, -0.2) is 39.9 Å². The molecule has 2 amide bonds. The molecule has 0 spiro atoms. The summed E-state index contributed by atoms with van der Waals surface area (Å²) in [5, 5.41) is 4.94. The van der Waals surface area contributed by atoms with Crippen molar-refractivity contribution in [2.75, 3.05) is 19.6 Å². The Labute approximate surface area is 143 Å². The van der Waals surface area contributed by atoms with E-state index in [4.69, 9.17) is 0 Å². The Balaban J connectivity index is 2.43. The molecule has 0 unspecified atom stereocenters. The molecule has 0 atom stereocenters. The Morgan fingerprint density at radius 1 is 1.05 bits per heavy atom. The van der Waals surface area contributed by atoms with Gasteiger partial charge in [-0.05, 0) is 53.3 Å². The van der Waals surface area contributed by atoms with Gasteiger partial charge in [-0.1, -0.05) is 6.92 Å². The van der Waals surface area contributed by atoms with E-state index in [1.165, 1.54) is 12.1 Å². The molecular weight excluding hydrogens is 421 g/mol. The van der Waals surface area contributed by atoms with Crippen LogP contribution in [0.4, 0.5) is 0 Å². The van der Waals surface area contributed by atoms with Crippen molar-refractivity contribution >= 4 is 44.4 Å². The van der Waals surface area contributed by atoms with Crippen LogP contribution in [0.25, 0.3) is 0 Å². The van der Waals surface area contributed by atoms with Gasteiger partial charge in [0.2, 0.25) is 21.8 Å². The molecule has 1 rings (SSSR count). The van der Waals surface area contributed by atoms with Gasteiger partial charge in [-0.15, -0.1) is 0 Å². The number of sulfonamides is 1. The molecule has 22 heavy (non-hydrogen) atoms. The highest BCUT2D eigenvalue weighted by molar-refractivity contribution is 14.1. The topological polar surface area (TPSA) is 104 Å². The van der Waals surface area contributed by atoms with Gasteiger partial charge in [0.1, 0.15) is 0 Å². The molecule has 0 aromatic heterocycles. The summed E-state index contributed by atoms with van der Waals surface area (Å²) in [6, 6.07) is 6.24. The fourth-order valence-corrected chi connectivity index (χ4v) is 2.77. The van der Waals surface area contributed by atoms with E-state index in [0.717, 1.165) is 9.99 Å². The van der Waals surface area contributed by atoms with E-state index in [1.807, 2.05) is 6.92 Å². The lowest BCUT2D eigenvalue weighted by atomic mass is 10.4.